The highest BCUT2D eigenvalue weighted by Gasteiger charge is 2.40. The first kappa shape index (κ1) is 21.7. The van der Waals surface area contributed by atoms with E-state index in [1.54, 1.807) is 18.5 Å². The summed E-state index contributed by atoms with van der Waals surface area (Å²) in [5, 5.41) is 3.31. The third-order valence-corrected chi connectivity index (χ3v) is 7.09. The summed E-state index contributed by atoms with van der Waals surface area (Å²) >= 11 is 0. The third kappa shape index (κ3) is 3.93. The van der Waals surface area contributed by atoms with Crippen LogP contribution in [0.5, 0.6) is 0 Å². The second-order valence-electron chi connectivity index (χ2n) is 9.26. The summed E-state index contributed by atoms with van der Waals surface area (Å²) in [5.41, 5.74) is 3.19. The number of nitrogens with zero attached hydrogens (tertiary/aromatic N) is 4. The van der Waals surface area contributed by atoms with Crippen molar-refractivity contribution in [3.63, 3.8) is 0 Å². The van der Waals surface area contributed by atoms with Gasteiger partial charge >= 0.3 is 0 Å². The van der Waals surface area contributed by atoms with E-state index in [-0.39, 0.29) is 36.8 Å². The van der Waals surface area contributed by atoms with Crippen LogP contribution in [0.25, 0.3) is 11.0 Å². The number of imide groups is 1. The van der Waals surface area contributed by atoms with E-state index in [4.69, 9.17) is 4.42 Å². The number of benzene rings is 1. The molecule has 10 heteroatoms. The van der Waals surface area contributed by atoms with E-state index in [9.17, 15) is 14.4 Å². The van der Waals surface area contributed by atoms with Gasteiger partial charge in [0.15, 0.2) is 5.58 Å². The van der Waals surface area contributed by atoms with Gasteiger partial charge in [-0.25, -0.2) is 4.39 Å². The van der Waals surface area contributed by atoms with E-state index in [2.05, 4.69) is 15.2 Å². The van der Waals surface area contributed by atoms with E-state index < -0.39 is 17.8 Å². The zero-order chi connectivity index (χ0) is 24.1. The van der Waals surface area contributed by atoms with Gasteiger partial charge in [-0.2, -0.15) is 0 Å². The zero-order valence-corrected chi connectivity index (χ0v) is 19.0. The second-order valence-corrected chi connectivity index (χ2v) is 9.26. The van der Waals surface area contributed by atoms with Crippen LogP contribution in [-0.4, -0.2) is 64.7 Å². The molecule has 3 aromatic rings. The molecule has 2 fully saturated rings. The number of furan rings is 1. The predicted octanol–water partition coefficient (Wildman–Crippen LogP) is 2.05. The van der Waals surface area contributed by atoms with Gasteiger partial charge in [-0.05, 0) is 36.2 Å². The van der Waals surface area contributed by atoms with Crippen molar-refractivity contribution in [2.45, 2.75) is 32.0 Å². The molecule has 6 rings (SSSR count). The van der Waals surface area contributed by atoms with E-state index >= 15 is 4.39 Å². The number of hydrogen-bond donors (Lipinski definition) is 1. The molecule has 1 unspecified atom stereocenters. The number of anilines is 1. The maximum atomic E-state index is 15.1. The van der Waals surface area contributed by atoms with E-state index in [1.807, 2.05) is 17.0 Å². The Hall–Kier alpha value is -3.79. The second kappa shape index (κ2) is 8.46. The van der Waals surface area contributed by atoms with Crippen molar-refractivity contribution in [2.24, 2.45) is 0 Å². The Morgan fingerprint density at radius 1 is 1.11 bits per heavy atom. The molecular weight excluding hydrogens is 453 g/mol. The van der Waals surface area contributed by atoms with Crippen molar-refractivity contribution < 1.29 is 23.2 Å². The lowest BCUT2D eigenvalue weighted by Crippen LogP contribution is -2.52. The molecule has 3 aliphatic heterocycles. The summed E-state index contributed by atoms with van der Waals surface area (Å²) in [5.74, 6) is -1.61. The monoisotopic (exact) mass is 477 g/mol. The van der Waals surface area contributed by atoms with E-state index in [1.165, 1.54) is 11.0 Å². The zero-order valence-electron chi connectivity index (χ0n) is 19.0. The molecule has 1 N–H and O–H groups in total. The molecule has 35 heavy (non-hydrogen) atoms. The maximum absolute atomic E-state index is 15.1. The van der Waals surface area contributed by atoms with Crippen LogP contribution in [0.1, 0.15) is 34.5 Å². The van der Waals surface area contributed by atoms with Crippen LogP contribution in [0.15, 0.2) is 41.1 Å². The van der Waals surface area contributed by atoms with E-state index in [0.717, 1.165) is 29.8 Å². The summed E-state index contributed by atoms with van der Waals surface area (Å²) in [6, 6.07) is 6.25. The quantitative estimate of drug-likeness (QED) is 0.575. The number of nitrogens with one attached hydrogen (secondary N) is 1. The first-order valence-electron chi connectivity index (χ1n) is 11.7. The van der Waals surface area contributed by atoms with Gasteiger partial charge < -0.3 is 14.2 Å². The first-order chi connectivity index (χ1) is 17.0. The minimum Gasteiger partial charge on any atom is -0.463 e. The molecule has 1 atom stereocenters. The fourth-order valence-corrected chi connectivity index (χ4v) is 5.19. The number of carbonyl (C=O) groups is 3. The van der Waals surface area contributed by atoms with Crippen LogP contribution in [0.4, 0.5) is 10.1 Å². The van der Waals surface area contributed by atoms with Crippen molar-refractivity contribution in [1.29, 1.82) is 0 Å². The van der Waals surface area contributed by atoms with Gasteiger partial charge in [0.2, 0.25) is 11.8 Å². The smallest absolute Gasteiger partial charge is 0.255 e. The summed E-state index contributed by atoms with van der Waals surface area (Å²) < 4.78 is 20.4. The average Bonchev–Trinajstić information content (AvgIpc) is 3.43. The highest BCUT2D eigenvalue weighted by atomic mass is 19.1. The minimum atomic E-state index is -0.711. The number of piperazine rings is 1. The Morgan fingerprint density at radius 3 is 2.74 bits per heavy atom. The van der Waals surface area contributed by atoms with Gasteiger partial charge in [-0.1, -0.05) is 0 Å². The normalized spacial score (nSPS) is 21.1. The average molecular weight is 477 g/mol. The summed E-state index contributed by atoms with van der Waals surface area (Å²) in [4.78, 5) is 46.8. The van der Waals surface area contributed by atoms with Crippen molar-refractivity contribution in [3.8, 4) is 0 Å². The maximum Gasteiger partial charge on any atom is 0.255 e. The number of aromatic nitrogens is 1. The van der Waals surface area contributed by atoms with Crippen LogP contribution in [0.2, 0.25) is 0 Å². The third-order valence-electron chi connectivity index (χ3n) is 7.09. The molecular formula is C25H24FN5O4. The van der Waals surface area contributed by atoms with Gasteiger partial charge in [0.25, 0.3) is 5.91 Å². The molecule has 0 spiro atoms. The Kier molecular flexibility index (Phi) is 5.25. The fraction of sp³-hybridized carbons (Fsp3) is 0.360. The van der Waals surface area contributed by atoms with Crippen LogP contribution in [0, 0.1) is 5.82 Å². The lowest BCUT2D eigenvalue weighted by atomic mass is 10.0. The number of halogens is 1. The Labute approximate surface area is 200 Å². The molecule has 5 heterocycles. The van der Waals surface area contributed by atoms with Gasteiger partial charge in [-0.3, -0.25) is 29.6 Å². The van der Waals surface area contributed by atoms with Gasteiger partial charge in [0.1, 0.15) is 11.9 Å². The topological polar surface area (TPSA) is 99.0 Å². The summed E-state index contributed by atoms with van der Waals surface area (Å²) in [6.45, 7) is 3.74. The van der Waals surface area contributed by atoms with Gasteiger partial charge in [0.05, 0.1) is 23.8 Å². The molecule has 2 aromatic heterocycles. The highest BCUT2D eigenvalue weighted by molar-refractivity contribution is 6.05. The molecule has 0 radical (unpaired) electrons. The number of piperidine rings is 1. The van der Waals surface area contributed by atoms with Crippen molar-refractivity contribution in [2.75, 3.05) is 31.1 Å². The molecule has 0 bridgehead atoms. The molecule has 3 amide bonds. The summed E-state index contributed by atoms with van der Waals surface area (Å²) in [6.07, 6.45) is 3.86. The minimum absolute atomic E-state index is 0.186. The largest absolute Gasteiger partial charge is 0.463 e. The molecule has 9 nitrogen and oxygen atoms in total. The van der Waals surface area contributed by atoms with Gasteiger partial charge in [-0.15, -0.1) is 0 Å². The number of pyridine rings is 1. The lowest BCUT2D eigenvalue weighted by Gasteiger charge is -2.36. The first-order valence-corrected chi connectivity index (χ1v) is 11.7. The number of hydrogen-bond acceptors (Lipinski definition) is 7. The van der Waals surface area contributed by atoms with Crippen LogP contribution < -0.4 is 10.2 Å². The van der Waals surface area contributed by atoms with Crippen molar-refractivity contribution in [1.82, 2.24) is 20.1 Å². The molecule has 3 aliphatic rings. The lowest BCUT2D eigenvalue weighted by molar-refractivity contribution is -0.136. The predicted molar refractivity (Wildman–Crippen MR) is 124 cm³/mol. The van der Waals surface area contributed by atoms with Crippen molar-refractivity contribution in [3.05, 3.63) is 59.4 Å². The van der Waals surface area contributed by atoms with Gasteiger partial charge in [0, 0.05) is 56.6 Å². The molecule has 180 valence electrons. The molecule has 1 aromatic carbocycles. The summed E-state index contributed by atoms with van der Waals surface area (Å²) in [7, 11) is 0. The Balaban J connectivity index is 1.13. The molecule has 2 saturated heterocycles. The molecule has 0 saturated carbocycles. The number of carbonyl (C=O) groups excluding carboxylic acids is 3. The van der Waals surface area contributed by atoms with E-state index in [0.29, 0.717) is 30.9 Å². The molecule has 0 aliphatic carbocycles. The fourth-order valence-electron chi connectivity index (χ4n) is 5.19. The van der Waals surface area contributed by atoms with Crippen LogP contribution >= 0.6 is 0 Å². The number of rotatable bonds is 4. The standard InChI is InChI=1S/C25H24FN5O4/c26-19-11-18-16(13-31(25(18)34)20-1-2-23(32)28-24(20)33)10-21(19)30-6-4-29(5-7-30)14-17-9-15-3-8-35-22(15)12-27-17/h3,8-12,20H,1-2,4-7,13-14H2,(H,28,32,33). The Bertz CT molecular complexity index is 1350. The Morgan fingerprint density at radius 2 is 1.94 bits per heavy atom. The van der Waals surface area contributed by atoms with Crippen LogP contribution in [0.3, 0.4) is 0 Å². The number of fused-ring (bicyclic) bond motifs is 2. The van der Waals surface area contributed by atoms with Crippen LogP contribution in [-0.2, 0) is 22.7 Å². The number of amides is 3. The SMILES string of the molecule is O=C1CCC(N2Cc3cc(N4CCN(Cc5cc6ccoc6cn5)CC4)c(F)cc3C2=O)C(=O)N1. The highest BCUT2D eigenvalue weighted by Crippen LogP contribution is 2.33. The van der Waals surface area contributed by atoms with Crippen molar-refractivity contribution >= 4 is 34.4 Å².